The lowest BCUT2D eigenvalue weighted by Crippen LogP contribution is -2.32. The molecule has 0 amide bonds. The van der Waals surface area contributed by atoms with Gasteiger partial charge in [0.25, 0.3) is 0 Å². The Morgan fingerprint density at radius 1 is 1.57 bits per heavy atom. The van der Waals surface area contributed by atoms with Gasteiger partial charge in [-0.1, -0.05) is 13.8 Å². The third-order valence-electron chi connectivity index (χ3n) is 2.32. The van der Waals surface area contributed by atoms with Crippen LogP contribution >= 0.6 is 27.3 Å². The molecule has 0 unspecified atom stereocenters. The number of halogens is 1. The first kappa shape index (κ1) is 10.6. The van der Waals surface area contributed by atoms with Crippen molar-refractivity contribution >= 4 is 27.3 Å². The normalized spacial score (nSPS) is 17.4. The third-order valence-corrected chi connectivity index (χ3v) is 3.86. The van der Waals surface area contributed by atoms with E-state index < -0.39 is 0 Å². The number of hydrogen-bond acceptors (Lipinski definition) is 3. The molecule has 0 N–H and O–H groups in total. The smallest absolute Gasteiger partial charge is 0.159 e. The van der Waals surface area contributed by atoms with E-state index >= 15 is 0 Å². The summed E-state index contributed by atoms with van der Waals surface area (Å²) in [4.78, 5) is 8.39. The molecule has 0 fully saturated rings. The molecule has 2 rings (SSSR count). The van der Waals surface area contributed by atoms with Crippen LogP contribution in [0.2, 0.25) is 0 Å². The van der Waals surface area contributed by atoms with Crippen molar-refractivity contribution in [3.8, 4) is 0 Å². The average Bonchev–Trinajstić information content (AvgIpc) is 2.42. The SMILES string of the molecule is C[C](C)CN1CCc2nc(Br)sc2C1. The summed E-state index contributed by atoms with van der Waals surface area (Å²) in [5, 5.41) is 0. The summed E-state index contributed by atoms with van der Waals surface area (Å²) >= 11 is 5.22. The van der Waals surface area contributed by atoms with Crippen molar-refractivity contribution in [3.63, 3.8) is 0 Å². The zero-order chi connectivity index (χ0) is 10.1. The molecule has 0 aromatic carbocycles. The summed E-state index contributed by atoms with van der Waals surface area (Å²) < 4.78 is 1.03. The second kappa shape index (κ2) is 4.29. The third kappa shape index (κ3) is 2.35. The summed E-state index contributed by atoms with van der Waals surface area (Å²) in [6.07, 6.45) is 1.10. The van der Waals surface area contributed by atoms with Crippen LogP contribution in [0.4, 0.5) is 0 Å². The molecular weight excluding hydrogens is 260 g/mol. The van der Waals surface area contributed by atoms with Crippen LogP contribution in [0.1, 0.15) is 24.4 Å². The molecule has 1 radical (unpaired) electrons. The Labute approximate surface area is 97.5 Å². The summed E-state index contributed by atoms with van der Waals surface area (Å²) in [5.41, 5.74) is 1.30. The largest absolute Gasteiger partial charge is 0.297 e. The van der Waals surface area contributed by atoms with Crippen molar-refractivity contribution in [2.75, 3.05) is 13.1 Å². The first-order chi connectivity index (χ1) is 6.65. The topological polar surface area (TPSA) is 16.1 Å². The van der Waals surface area contributed by atoms with Gasteiger partial charge in [-0.05, 0) is 21.8 Å². The van der Waals surface area contributed by atoms with Crippen molar-refractivity contribution in [2.45, 2.75) is 26.8 Å². The van der Waals surface area contributed by atoms with Crippen molar-refractivity contribution in [1.29, 1.82) is 0 Å². The molecule has 0 aliphatic carbocycles. The second-order valence-electron chi connectivity index (χ2n) is 4.00. The predicted octanol–water partition coefficient (Wildman–Crippen LogP) is 2.88. The molecule has 0 bridgehead atoms. The second-order valence-corrected chi connectivity index (χ2v) is 6.36. The van der Waals surface area contributed by atoms with E-state index in [2.05, 4.69) is 39.7 Å². The number of thiazole rings is 1. The van der Waals surface area contributed by atoms with Gasteiger partial charge in [0, 0.05) is 30.9 Å². The summed E-state index contributed by atoms with van der Waals surface area (Å²) in [6, 6.07) is 0. The molecule has 0 atom stereocenters. The van der Waals surface area contributed by atoms with Gasteiger partial charge in [0.05, 0.1) is 5.69 Å². The minimum atomic E-state index is 1.03. The standard InChI is InChI=1S/C10H14BrN2S/c1-7(2)5-13-4-3-8-9(6-13)14-10(11)12-8/h3-6H2,1-2H3. The van der Waals surface area contributed by atoms with Crippen LogP contribution in [-0.4, -0.2) is 23.0 Å². The molecule has 1 aromatic rings. The van der Waals surface area contributed by atoms with Crippen LogP contribution in [0.15, 0.2) is 3.92 Å². The Morgan fingerprint density at radius 2 is 2.36 bits per heavy atom. The van der Waals surface area contributed by atoms with Gasteiger partial charge in [0.2, 0.25) is 0 Å². The summed E-state index contributed by atoms with van der Waals surface area (Å²) in [6.45, 7) is 7.73. The van der Waals surface area contributed by atoms with Crippen molar-refractivity contribution in [2.24, 2.45) is 0 Å². The van der Waals surface area contributed by atoms with Crippen LogP contribution in [-0.2, 0) is 13.0 Å². The number of fused-ring (bicyclic) bond motifs is 1. The quantitative estimate of drug-likeness (QED) is 0.824. The number of rotatable bonds is 2. The zero-order valence-electron chi connectivity index (χ0n) is 8.51. The van der Waals surface area contributed by atoms with E-state index in [1.807, 2.05) is 0 Å². The summed E-state index contributed by atoms with van der Waals surface area (Å²) in [5.74, 6) is 1.48. The van der Waals surface area contributed by atoms with Gasteiger partial charge in [-0.3, -0.25) is 4.90 Å². The van der Waals surface area contributed by atoms with Gasteiger partial charge >= 0.3 is 0 Å². The molecule has 2 nitrogen and oxygen atoms in total. The van der Waals surface area contributed by atoms with E-state index in [4.69, 9.17) is 0 Å². The minimum Gasteiger partial charge on any atom is -0.297 e. The highest BCUT2D eigenvalue weighted by molar-refractivity contribution is 9.11. The average molecular weight is 274 g/mol. The van der Waals surface area contributed by atoms with Crippen molar-refractivity contribution in [3.05, 3.63) is 20.4 Å². The lowest BCUT2D eigenvalue weighted by molar-refractivity contribution is 0.266. The Morgan fingerprint density at radius 3 is 3.07 bits per heavy atom. The fraction of sp³-hybridized carbons (Fsp3) is 0.600. The Balaban J connectivity index is 2.05. The minimum absolute atomic E-state index is 1.03. The maximum absolute atomic E-state index is 4.47. The van der Waals surface area contributed by atoms with Crippen LogP contribution in [0, 0.1) is 5.92 Å². The van der Waals surface area contributed by atoms with E-state index in [0.29, 0.717) is 0 Å². The van der Waals surface area contributed by atoms with Crippen LogP contribution in [0.3, 0.4) is 0 Å². The van der Waals surface area contributed by atoms with Crippen LogP contribution < -0.4 is 0 Å². The van der Waals surface area contributed by atoms with Gasteiger partial charge in [-0.15, -0.1) is 11.3 Å². The molecule has 0 saturated carbocycles. The van der Waals surface area contributed by atoms with E-state index in [0.717, 1.165) is 30.0 Å². The van der Waals surface area contributed by atoms with E-state index in [1.165, 1.54) is 16.5 Å². The van der Waals surface area contributed by atoms with Gasteiger partial charge in [0.15, 0.2) is 3.92 Å². The Hall–Kier alpha value is 0.0700. The predicted molar refractivity (Wildman–Crippen MR) is 63.4 cm³/mol. The molecular formula is C10H14BrN2S. The Kier molecular flexibility index (Phi) is 3.24. The molecule has 4 heteroatoms. The molecule has 0 saturated heterocycles. The molecule has 1 aliphatic heterocycles. The zero-order valence-corrected chi connectivity index (χ0v) is 10.9. The fourth-order valence-corrected chi connectivity index (χ4v) is 3.47. The highest BCUT2D eigenvalue weighted by Crippen LogP contribution is 2.28. The van der Waals surface area contributed by atoms with Gasteiger partial charge in [0.1, 0.15) is 0 Å². The monoisotopic (exact) mass is 273 g/mol. The van der Waals surface area contributed by atoms with E-state index in [1.54, 1.807) is 11.3 Å². The van der Waals surface area contributed by atoms with E-state index in [9.17, 15) is 0 Å². The fourth-order valence-electron chi connectivity index (χ4n) is 1.80. The highest BCUT2D eigenvalue weighted by atomic mass is 79.9. The van der Waals surface area contributed by atoms with Crippen molar-refractivity contribution in [1.82, 2.24) is 9.88 Å². The highest BCUT2D eigenvalue weighted by Gasteiger charge is 2.20. The lowest BCUT2D eigenvalue weighted by atomic mass is 10.1. The van der Waals surface area contributed by atoms with Gasteiger partial charge in [-0.2, -0.15) is 0 Å². The number of aromatic nitrogens is 1. The molecule has 1 aromatic heterocycles. The molecule has 14 heavy (non-hydrogen) atoms. The first-order valence-corrected chi connectivity index (χ1v) is 6.41. The van der Waals surface area contributed by atoms with Crippen LogP contribution in [0.5, 0.6) is 0 Å². The maximum atomic E-state index is 4.47. The summed E-state index contributed by atoms with van der Waals surface area (Å²) in [7, 11) is 0. The van der Waals surface area contributed by atoms with E-state index in [-0.39, 0.29) is 0 Å². The molecule has 77 valence electrons. The molecule has 2 heterocycles. The van der Waals surface area contributed by atoms with Gasteiger partial charge < -0.3 is 0 Å². The maximum Gasteiger partial charge on any atom is 0.159 e. The number of hydrogen-bond donors (Lipinski definition) is 0. The number of nitrogens with zero attached hydrogens (tertiary/aromatic N) is 2. The molecule has 1 aliphatic rings. The van der Waals surface area contributed by atoms with Crippen LogP contribution in [0.25, 0.3) is 0 Å². The lowest BCUT2D eigenvalue weighted by Gasteiger charge is -2.27. The van der Waals surface area contributed by atoms with Gasteiger partial charge in [-0.25, -0.2) is 4.98 Å². The first-order valence-electron chi connectivity index (χ1n) is 4.80. The van der Waals surface area contributed by atoms with Crippen molar-refractivity contribution < 1.29 is 0 Å². The molecule has 0 spiro atoms. The Bertz CT molecular complexity index is 322.